The fraction of sp³-hybridized carbons (Fsp3) is 0.375. The minimum Gasteiger partial charge on any atom is -0.299 e. The summed E-state index contributed by atoms with van der Waals surface area (Å²) in [5.74, 6) is 0. The topological polar surface area (TPSA) is 29.0 Å². The van der Waals surface area contributed by atoms with Crippen molar-refractivity contribution in [3.05, 3.63) is 48.4 Å². The van der Waals surface area contributed by atoms with E-state index in [1.807, 2.05) is 24.5 Å². The molecular weight excluding hydrogens is 234 g/mol. The number of hydrogen-bond acceptors (Lipinski definition) is 3. The van der Waals surface area contributed by atoms with E-state index in [1.165, 1.54) is 31.4 Å². The number of likely N-dealkylation sites (tertiary alicyclic amines) is 1. The van der Waals surface area contributed by atoms with Gasteiger partial charge in [-0.1, -0.05) is 12.5 Å². The molecule has 0 radical (unpaired) electrons. The fourth-order valence-electron chi connectivity index (χ4n) is 2.78. The first kappa shape index (κ1) is 12.3. The van der Waals surface area contributed by atoms with Crippen LogP contribution in [0.4, 0.5) is 0 Å². The average molecular weight is 253 g/mol. The van der Waals surface area contributed by atoms with Gasteiger partial charge in [0, 0.05) is 30.2 Å². The van der Waals surface area contributed by atoms with Crippen LogP contribution in [0, 0.1) is 0 Å². The van der Waals surface area contributed by atoms with E-state index in [-0.39, 0.29) is 0 Å². The molecule has 2 aromatic heterocycles. The summed E-state index contributed by atoms with van der Waals surface area (Å²) in [6, 6.07) is 8.84. The van der Waals surface area contributed by atoms with Gasteiger partial charge in [0.15, 0.2) is 0 Å². The molecule has 3 heterocycles. The van der Waals surface area contributed by atoms with E-state index < -0.39 is 0 Å². The summed E-state index contributed by atoms with van der Waals surface area (Å²) in [5.41, 5.74) is 3.40. The summed E-state index contributed by atoms with van der Waals surface area (Å²) in [7, 11) is 2.21. The van der Waals surface area contributed by atoms with E-state index in [0.29, 0.717) is 6.04 Å². The van der Waals surface area contributed by atoms with Gasteiger partial charge in [-0.2, -0.15) is 0 Å². The molecule has 1 atom stereocenters. The van der Waals surface area contributed by atoms with Crippen molar-refractivity contribution in [3.63, 3.8) is 0 Å². The maximum atomic E-state index is 4.59. The molecule has 1 saturated heterocycles. The van der Waals surface area contributed by atoms with Crippen molar-refractivity contribution in [1.82, 2.24) is 14.9 Å². The van der Waals surface area contributed by atoms with Crippen LogP contribution in [-0.4, -0.2) is 28.5 Å². The van der Waals surface area contributed by atoms with Gasteiger partial charge in [0.2, 0.25) is 0 Å². The molecule has 0 aromatic carbocycles. The van der Waals surface area contributed by atoms with E-state index in [2.05, 4.69) is 34.0 Å². The Bertz CT molecular complexity index is 521. The smallest absolute Gasteiger partial charge is 0.0717 e. The van der Waals surface area contributed by atoms with Crippen LogP contribution in [0.3, 0.4) is 0 Å². The third-order valence-electron chi connectivity index (χ3n) is 3.90. The highest BCUT2D eigenvalue weighted by Gasteiger charge is 2.20. The molecule has 3 nitrogen and oxygen atoms in total. The van der Waals surface area contributed by atoms with Gasteiger partial charge in [-0.15, -0.1) is 0 Å². The Morgan fingerprint density at radius 2 is 2.11 bits per heavy atom. The lowest BCUT2D eigenvalue weighted by molar-refractivity contribution is 0.187. The average Bonchev–Trinajstić information content (AvgIpc) is 2.49. The molecule has 0 unspecified atom stereocenters. The number of nitrogens with zero attached hydrogens (tertiary/aromatic N) is 3. The fourth-order valence-corrected chi connectivity index (χ4v) is 2.78. The third-order valence-corrected chi connectivity index (χ3v) is 3.90. The maximum Gasteiger partial charge on any atom is 0.0717 e. The van der Waals surface area contributed by atoms with Crippen molar-refractivity contribution in [2.75, 3.05) is 13.6 Å². The Hall–Kier alpha value is -1.74. The van der Waals surface area contributed by atoms with Crippen LogP contribution in [0.2, 0.25) is 0 Å². The number of aromatic nitrogens is 2. The van der Waals surface area contributed by atoms with Gasteiger partial charge in [-0.25, -0.2) is 0 Å². The van der Waals surface area contributed by atoms with Gasteiger partial charge in [-0.05, 0) is 50.2 Å². The van der Waals surface area contributed by atoms with Crippen molar-refractivity contribution in [2.24, 2.45) is 0 Å². The molecule has 0 bridgehead atoms. The van der Waals surface area contributed by atoms with Crippen molar-refractivity contribution >= 4 is 0 Å². The molecule has 0 N–H and O–H groups in total. The summed E-state index contributed by atoms with van der Waals surface area (Å²) in [5, 5.41) is 0. The Morgan fingerprint density at radius 3 is 2.79 bits per heavy atom. The zero-order chi connectivity index (χ0) is 13.1. The van der Waals surface area contributed by atoms with Crippen LogP contribution >= 0.6 is 0 Å². The predicted molar refractivity (Wildman–Crippen MR) is 76.7 cm³/mol. The Kier molecular flexibility index (Phi) is 3.56. The van der Waals surface area contributed by atoms with E-state index in [1.54, 1.807) is 6.20 Å². The van der Waals surface area contributed by atoms with Crippen LogP contribution in [0.5, 0.6) is 0 Å². The molecule has 2 aromatic rings. The van der Waals surface area contributed by atoms with Crippen LogP contribution in [0.1, 0.15) is 30.9 Å². The van der Waals surface area contributed by atoms with Crippen molar-refractivity contribution in [2.45, 2.75) is 25.3 Å². The molecule has 0 spiro atoms. The molecule has 98 valence electrons. The minimum atomic E-state index is 0.532. The van der Waals surface area contributed by atoms with E-state index in [9.17, 15) is 0 Å². The lowest BCUT2D eigenvalue weighted by atomic mass is 9.97. The normalized spacial score (nSPS) is 20.4. The highest BCUT2D eigenvalue weighted by atomic mass is 15.1. The van der Waals surface area contributed by atoms with Gasteiger partial charge in [0.05, 0.1) is 5.69 Å². The lowest BCUT2D eigenvalue weighted by Gasteiger charge is -2.32. The molecular formula is C16H19N3. The lowest BCUT2D eigenvalue weighted by Crippen LogP contribution is -2.29. The molecule has 1 aliphatic rings. The SMILES string of the molecule is CN1CCCC[C@@H]1c1ccc(-c2cccnc2)nc1. The molecule has 0 saturated carbocycles. The minimum absolute atomic E-state index is 0.532. The summed E-state index contributed by atoms with van der Waals surface area (Å²) in [6.45, 7) is 1.19. The molecule has 1 aliphatic heterocycles. The van der Waals surface area contributed by atoms with Crippen LogP contribution in [0.25, 0.3) is 11.3 Å². The van der Waals surface area contributed by atoms with Gasteiger partial charge in [0.25, 0.3) is 0 Å². The first-order valence-electron chi connectivity index (χ1n) is 6.91. The highest BCUT2D eigenvalue weighted by molar-refractivity contribution is 5.57. The van der Waals surface area contributed by atoms with Crippen LogP contribution < -0.4 is 0 Å². The zero-order valence-electron chi connectivity index (χ0n) is 11.3. The Labute approximate surface area is 114 Å². The first-order valence-corrected chi connectivity index (χ1v) is 6.91. The largest absolute Gasteiger partial charge is 0.299 e. The van der Waals surface area contributed by atoms with Crippen molar-refractivity contribution in [3.8, 4) is 11.3 Å². The summed E-state index contributed by atoms with van der Waals surface area (Å²) < 4.78 is 0. The van der Waals surface area contributed by atoms with E-state index >= 15 is 0 Å². The molecule has 1 fully saturated rings. The quantitative estimate of drug-likeness (QED) is 0.822. The number of piperidine rings is 1. The number of pyridine rings is 2. The highest BCUT2D eigenvalue weighted by Crippen LogP contribution is 2.29. The second-order valence-electron chi connectivity index (χ2n) is 5.21. The second kappa shape index (κ2) is 5.49. The van der Waals surface area contributed by atoms with Gasteiger partial charge in [-0.3, -0.25) is 14.9 Å². The summed E-state index contributed by atoms with van der Waals surface area (Å²) in [6.07, 6.45) is 9.54. The molecule has 19 heavy (non-hydrogen) atoms. The van der Waals surface area contributed by atoms with Gasteiger partial charge < -0.3 is 0 Å². The maximum absolute atomic E-state index is 4.59. The second-order valence-corrected chi connectivity index (χ2v) is 5.21. The monoisotopic (exact) mass is 253 g/mol. The Balaban J connectivity index is 1.83. The summed E-state index contributed by atoms with van der Waals surface area (Å²) >= 11 is 0. The standard InChI is InChI=1S/C16H19N3/c1-19-10-3-2-6-16(19)14-7-8-15(18-12-14)13-5-4-9-17-11-13/h4-5,7-9,11-12,16H,2-3,6,10H2,1H3/t16-/m1/s1. The van der Waals surface area contributed by atoms with Gasteiger partial charge >= 0.3 is 0 Å². The zero-order valence-corrected chi connectivity index (χ0v) is 11.3. The van der Waals surface area contributed by atoms with Crippen LogP contribution in [0.15, 0.2) is 42.9 Å². The molecule has 3 rings (SSSR count). The number of rotatable bonds is 2. The van der Waals surface area contributed by atoms with E-state index in [4.69, 9.17) is 0 Å². The Morgan fingerprint density at radius 1 is 1.16 bits per heavy atom. The molecule has 3 heteroatoms. The van der Waals surface area contributed by atoms with Crippen LogP contribution in [-0.2, 0) is 0 Å². The molecule has 0 amide bonds. The van der Waals surface area contributed by atoms with Gasteiger partial charge in [0.1, 0.15) is 0 Å². The third kappa shape index (κ3) is 2.66. The van der Waals surface area contributed by atoms with Crippen molar-refractivity contribution < 1.29 is 0 Å². The predicted octanol–water partition coefficient (Wildman–Crippen LogP) is 3.30. The van der Waals surface area contributed by atoms with E-state index in [0.717, 1.165) is 11.3 Å². The first-order chi connectivity index (χ1) is 9.34. The van der Waals surface area contributed by atoms with Crippen molar-refractivity contribution in [1.29, 1.82) is 0 Å². The summed E-state index contributed by atoms with van der Waals surface area (Å²) in [4.78, 5) is 11.2. The molecule has 0 aliphatic carbocycles. The number of hydrogen-bond donors (Lipinski definition) is 0.